The fourth-order valence-corrected chi connectivity index (χ4v) is 2.56. The quantitative estimate of drug-likeness (QED) is 0.803. The van der Waals surface area contributed by atoms with E-state index < -0.39 is 10.8 Å². The zero-order valence-electron chi connectivity index (χ0n) is 11.1. The predicted octanol–water partition coefficient (Wildman–Crippen LogP) is 2.37. The molecule has 3 rings (SSSR count). The summed E-state index contributed by atoms with van der Waals surface area (Å²) in [5.41, 5.74) is 2.55. The van der Waals surface area contributed by atoms with Crippen LogP contribution in [0.2, 0.25) is 0 Å². The zero-order chi connectivity index (χ0) is 14.1. The van der Waals surface area contributed by atoms with Crippen LogP contribution in [0.25, 0.3) is 22.4 Å². The molecule has 0 fully saturated rings. The first-order valence-electron chi connectivity index (χ1n) is 6.00. The maximum Gasteiger partial charge on any atom is 0.142 e. The molecule has 0 radical (unpaired) electrons. The van der Waals surface area contributed by atoms with Gasteiger partial charge in [-0.05, 0) is 24.3 Å². The molecule has 0 spiro atoms. The number of rotatable bonds is 3. The highest BCUT2D eigenvalue weighted by Gasteiger charge is 2.12. The summed E-state index contributed by atoms with van der Waals surface area (Å²) in [6, 6.07) is 7.30. The van der Waals surface area contributed by atoms with Crippen molar-refractivity contribution in [1.82, 2.24) is 15.0 Å². The maximum absolute atomic E-state index is 11.5. The lowest BCUT2D eigenvalue weighted by atomic mass is 10.2. The second kappa shape index (κ2) is 5.05. The third-order valence-corrected chi connectivity index (χ3v) is 3.96. The van der Waals surface area contributed by atoms with Gasteiger partial charge in [-0.15, -0.1) is 0 Å². The van der Waals surface area contributed by atoms with Crippen molar-refractivity contribution in [2.45, 2.75) is 4.90 Å². The number of aromatic nitrogens is 3. The lowest BCUT2D eigenvalue weighted by Gasteiger charge is -2.07. The van der Waals surface area contributed by atoms with E-state index in [2.05, 4.69) is 15.0 Å². The molecule has 0 aliphatic rings. The molecule has 1 atom stereocenters. The van der Waals surface area contributed by atoms with E-state index in [1.807, 2.05) is 18.2 Å². The minimum Gasteiger partial charge on any atom is -0.496 e. The molecule has 5 nitrogen and oxygen atoms in total. The molecule has 0 aliphatic carbocycles. The Kier molecular flexibility index (Phi) is 3.23. The van der Waals surface area contributed by atoms with Crippen LogP contribution in [0.4, 0.5) is 0 Å². The van der Waals surface area contributed by atoms with Crippen LogP contribution < -0.4 is 4.74 Å². The summed E-state index contributed by atoms with van der Waals surface area (Å²) in [5.74, 6) is 1.35. The van der Waals surface area contributed by atoms with Gasteiger partial charge in [-0.1, -0.05) is 0 Å². The van der Waals surface area contributed by atoms with E-state index in [1.165, 1.54) is 0 Å². The molecule has 0 saturated heterocycles. The van der Waals surface area contributed by atoms with Crippen LogP contribution in [0.3, 0.4) is 0 Å². The Bertz CT molecular complexity index is 765. The molecule has 3 aromatic rings. The smallest absolute Gasteiger partial charge is 0.142 e. The van der Waals surface area contributed by atoms with Gasteiger partial charge in [0.25, 0.3) is 0 Å². The van der Waals surface area contributed by atoms with E-state index in [1.54, 1.807) is 31.8 Å². The summed E-state index contributed by atoms with van der Waals surface area (Å²) >= 11 is 0. The van der Waals surface area contributed by atoms with Gasteiger partial charge in [0.1, 0.15) is 11.6 Å². The van der Waals surface area contributed by atoms with E-state index in [4.69, 9.17) is 4.74 Å². The zero-order valence-corrected chi connectivity index (χ0v) is 11.9. The minimum absolute atomic E-state index is 0.643. The average molecular weight is 287 g/mol. The van der Waals surface area contributed by atoms with Gasteiger partial charge >= 0.3 is 0 Å². The minimum atomic E-state index is -1.04. The Morgan fingerprint density at radius 2 is 2.15 bits per heavy atom. The number of aromatic amines is 1. The van der Waals surface area contributed by atoms with Crippen LogP contribution in [0.15, 0.2) is 41.6 Å². The monoisotopic (exact) mass is 287 g/mol. The fourth-order valence-electron chi connectivity index (χ4n) is 2.03. The SMILES string of the molecule is COc1cc([S@@](C)=O)ccc1-c1nc2ccncc2[nH]1. The second-order valence-corrected chi connectivity index (χ2v) is 5.67. The third-order valence-electron chi connectivity index (χ3n) is 3.04. The van der Waals surface area contributed by atoms with Gasteiger partial charge in [0, 0.05) is 28.1 Å². The van der Waals surface area contributed by atoms with E-state index in [-0.39, 0.29) is 0 Å². The summed E-state index contributed by atoms with van der Waals surface area (Å²) in [6.45, 7) is 0. The molecular formula is C14H13N3O2S. The van der Waals surface area contributed by atoms with Gasteiger partial charge in [-0.3, -0.25) is 9.19 Å². The van der Waals surface area contributed by atoms with Gasteiger partial charge in [0.05, 0.1) is 29.9 Å². The summed E-state index contributed by atoms with van der Waals surface area (Å²) in [4.78, 5) is 12.5. The number of methoxy groups -OCH3 is 1. The Morgan fingerprint density at radius 3 is 2.85 bits per heavy atom. The van der Waals surface area contributed by atoms with Crippen LogP contribution >= 0.6 is 0 Å². The lowest BCUT2D eigenvalue weighted by Crippen LogP contribution is -1.93. The van der Waals surface area contributed by atoms with Crippen molar-refractivity contribution in [3.05, 3.63) is 36.7 Å². The van der Waals surface area contributed by atoms with E-state index >= 15 is 0 Å². The normalized spacial score (nSPS) is 12.5. The molecule has 0 saturated carbocycles. The molecule has 1 N–H and O–H groups in total. The van der Waals surface area contributed by atoms with E-state index in [0.29, 0.717) is 11.6 Å². The van der Waals surface area contributed by atoms with Crippen molar-refractivity contribution in [3.8, 4) is 17.1 Å². The molecule has 0 bridgehead atoms. The largest absolute Gasteiger partial charge is 0.496 e. The Labute approximate surface area is 118 Å². The second-order valence-electron chi connectivity index (χ2n) is 4.29. The Hall–Kier alpha value is -2.21. The third kappa shape index (κ3) is 2.18. The lowest BCUT2D eigenvalue weighted by molar-refractivity contribution is 0.415. The molecule has 20 heavy (non-hydrogen) atoms. The molecule has 2 aromatic heterocycles. The van der Waals surface area contributed by atoms with Gasteiger partial charge in [-0.2, -0.15) is 0 Å². The number of fused-ring (bicyclic) bond motifs is 1. The number of pyridine rings is 1. The number of H-pyrrole nitrogens is 1. The first-order chi connectivity index (χ1) is 9.69. The molecule has 0 aliphatic heterocycles. The molecule has 0 unspecified atom stereocenters. The predicted molar refractivity (Wildman–Crippen MR) is 78.2 cm³/mol. The Morgan fingerprint density at radius 1 is 1.30 bits per heavy atom. The highest BCUT2D eigenvalue weighted by molar-refractivity contribution is 7.84. The maximum atomic E-state index is 11.5. The summed E-state index contributed by atoms with van der Waals surface area (Å²) in [6.07, 6.45) is 5.07. The number of ether oxygens (including phenoxy) is 1. The molecule has 1 aromatic carbocycles. The molecule has 2 heterocycles. The molecule has 6 heteroatoms. The van der Waals surface area contributed by atoms with Crippen molar-refractivity contribution in [1.29, 1.82) is 0 Å². The van der Waals surface area contributed by atoms with Crippen molar-refractivity contribution in [3.63, 3.8) is 0 Å². The number of hydrogen-bond donors (Lipinski definition) is 1. The van der Waals surface area contributed by atoms with Gasteiger partial charge in [0.2, 0.25) is 0 Å². The first-order valence-corrected chi connectivity index (χ1v) is 7.56. The molecular weight excluding hydrogens is 274 g/mol. The Balaban J connectivity index is 2.15. The summed E-state index contributed by atoms with van der Waals surface area (Å²) in [5, 5.41) is 0. The van der Waals surface area contributed by atoms with Gasteiger partial charge < -0.3 is 9.72 Å². The average Bonchev–Trinajstić information content (AvgIpc) is 2.90. The number of hydrogen-bond acceptors (Lipinski definition) is 4. The first kappa shape index (κ1) is 12.8. The number of imidazole rings is 1. The number of nitrogens with zero attached hydrogens (tertiary/aromatic N) is 2. The summed E-state index contributed by atoms with van der Waals surface area (Å²) in [7, 11) is 0.548. The van der Waals surface area contributed by atoms with Crippen molar-refractivity contribution in [2.24, 2.45) is 0 Å². The molecule has 102 valence electrons. The standard InChI is InChI=1S/C14H13N3O2S/c1-19-13-7-9(20(2)18)3-4-10(13)14-16-11-5-6-15-8-12(11)17-14/h3-8H,1-2H3,(H,16,17)/t20-/m1/s1. The van der Waals surface area contributed by atoms with Crippen LogP contribution in [-0.2, 0) is 10.8 Å². The topological polar surface area (TPSA) is 67.9 Å². The fraction of sp³-hybridized carbons (Fsp3) is 0.143. The summed E-state index contributed by atoms with van der Waals surface area (Å²) < 4.78 is 16.9. The van der Waals surface area contributed by atoms with Gasteiger partial charge in [0.15, 0.2) is 0 Å². The van der Waals surface area contributed by atoms with E-state index in [9.17, 15) is 4.21 Å². The number of nitrogens with one attached hydrogen (secondary N) is 1. The molecule has 0 amide bonds. The van der Waals surface area contributed by atoms with Crippen molar-refractivity contribution < 1.29 is 8.95 Å². The van der Waals surface area contributed by atoms with Gasteiger partial charge in [-0.25, -0.2) is 4.98 Å². The van der Waals surface area contributed by atoms with Crippen LogP contribution in [0, 0.1) is 0 Å². The van der Waals surface area contributed by atoms with Crippen LogP contribution in [-0.4, -0.2) is 32.5 Å². The highest BCUT2D eigenvalue weighted by atomic mass is 32.2. The van der Waals surface area contributed by atoms with Crippen LogP contribution in [0.5, 0.6) is 5.75 Å². The van der Waals surface area contributed by atoms with Crippen LogP contribution in [0.1, 0.15) is 0 Å². The highest BCUT2D eigenvalue weighted by Crippen LogP contribution is 2.30. The number of benzene rings is 1. The van der Waals surface area contributed by atoms with Crippen molar-refractivity contribution in [2.75, 3.05) is 13.4 Å². The van der Waals surface area contributed by atoms with Crippen molar-refractivity contribution >= 4 is 21.8 Å². The van der Waals surface area contributed by atoms with E-state index in [0.717, 1.165) is 21.5 Å².